The molecule has 0 spiro atoms. The van der Waals surface area contributed by atoms with Gasteiger partial charge in [-0.3, -0.25) is 0 Å². The van der Waals surface area contributed by atoms with Gasteiger partial charge in [0, 0.05) is 10.9 Å². The van der Waals surface area contributed by atoms with Crippen LogP contribution >= 0.6 is 18.9 Å². The van der Waals surface area contributed by atoms with Crippen molar-refractivity contribution in [2.24, 2.45) is 0 Å². The molecule has 6 aromatic carbocycles. The summed E-state index contributed by atoms with van der Waals surface area (Å²) in [5.74, 6) is 0.859. The minimum absolute atomic E-state index is 0.836. The third kappa shape index (κ3) is 4.19. The van der Waals surface area contributed by atoms with Gasteiger partial charge in [-0.1, -0.05) is 96.5 Å². The first-order valence-corrected chi connectivity index (χ1v) is 14.8. The van der Waals surface area contributed by atoms with Crippen LogP contribution in [0.3, 0.4) is 0 Å². The highest BCUT2D eigenvalue weighted by atomic mass is 35.5. The van der Waals surface area contributed by atoms with E-state index in [-0.39, 0.29) is 0 Å². The minimum atomic E-state index is -2.04. The molecule has 6 rings (SSSR count). The zero-order valence-corrected chi connectivity index (χ0v) is 22.3. The number of rotatable bonds is 6. The molecule has 0 aliphatic heterocycles. The zero-order valence-electron chi connectivity index (χ0n) is 20.6. The Hall–Kier alpha value is -3.64. The first-order chi connectivity index (χ1) is 18.2. The third-order valence-electron chi connectivity index (χ3n) is 7.24. The van der Waals surface area contributed by atoms with Gasteiger partial charge in [0.1, 0.15) is 28.9 Å². The van der Waals surface area contributed by atoms with Gasteiger partial charge >= 0.3 is 0 Å². The molecule has 0 amide bonds. The van der Waals surface area contributed by atoms with Crippen LogP contribution < -0.4 is 20.7 Å². The fourth-order valence-corrected chi connectivity index (χ4v) is 10.1. The molecule has 0 fully saturated rings. The number of benzene rings is 6. The first kappa shape index (κ1) is 23.7. The Kier molecular flexibility index (Phi) is 6.43. The molecule has 3 heteroatoms. The van der Waals surface area contributed by atoms with E-state index in [1.807, 2.05) is 6.07 Å². The Morgan fingerprint density at radius 3 is 1.62 bits per heavy atom. The monoisotopic (exact) mass is 517 g/mol. The lowest BCUT2D eigenvalue weighted by molar-refractivity contribution is 0.415. The van der Waals surface area contributed by atoms with Gasteiger partial charge in [0.2, 0.25) is 0 Å². The summed E-state index contributed by atoms with van der Waals surface area (Å²) in [7, 11) is -0.339. The lowest BCUT2D eigenvalue weighted by atomic mass is 10.00. The number of hydrogen-bond donors (Lipinski definition) is 0. The van der Waals surface area contributed by atoms with E-state index in [1.54, 1.807) is 7.11 Å². The summed E-state index contributed by atoms with van der Waals surface area (Å²) < 4.78 is 5.44. The van der Waals surface area contributed by atoms with Gasteiger partial charge in [-0.15, -0.1) is 0 Å². The zero-order chi connectivity index (χ0) is 25.2. The Balaban J connectivity index is 1.58. The van der Waals surface area contributed by atoms with Crippen molar-refractivity contribution in [2.45, 2.75) is 6.16 Å². The van der Waals surface area contributed by atoms with E-state index in [2.05, 4.69) is 127 Å². The lowest BCUT2D eigenvalue weighted by Gasteiger charge is -2.28. The molecule has 0 N–H and O–H groups in total. The third-order valence-corrected chi connectivity index (χ3v) is 12.0. The van der Waals surface area contributed by atoms with Crippen molar-refractivity contribution in [1.82, 2.24) is 0 Å². The molecule has 6 aromatic rings. The van der Waals surface area contributed by atoms with Crippen LogP contribution in [0.1, 0.15) is 5.56 Å². The van der Waals surface area contributed by atoms with Gasteiger partial charge in [0.25, 0.3) is 0 Å². The summed E-state index contributed by atoms with van der Waals surface area (Å²) in [4.78, 5) is 0. The molecule has 0 atom stereocenters. The highest BCUT2D eigenvalue weighted by molar-refractivity contribution is 7.95. The minimum Gasteiger partial charge on any atom is -0.497 e. The SMILES string of the molecule is COc1ccc2c(ccc3c(Cl)c(C[P+](c4ccccc4)(c4ccccc4)c4ccccc4)ccc32)c1. The molecule has 0 bridgehead atoms. The summed E-state index contributed by atoms with van der Waals surface area (Å²) in [6.07, 6.45) is 0.848. The molecule has 37 heavy (non-hydrogen) atoms. The quantitative estimate of drug-likeness (QED) is 0.160. The van der Waals surface area contributed by atoms with Crippen LogP contribution in [0, 0.1) is 0 Å². The van der Waals surface area contributed by atoms with Gasteiger partial charge in [0.05, 0.1) is 18.3 Å². The summed E-state index contributed by atoms with van der Waals surface area (Å²) >= 11 is 7.26. The second kappa shape index (κ2) is 10.0. The van der Waals surface area contributed by atoms with Gasteiger partial charge in [-0.2, -0.15) is 0 Å². The molecular formula is C34H27ClOP+. The first-order valence-electron chi connectivity index (χ1n) is 12.4. The van der Waals surface area contributed by atoms with Gasteiger partial charge in [0.15, 0.2) is 0 Å². The molecular weight excluding hydrogens is 491 g/mol. The molecule has 0 unspecified atom stereocenters. The maximum atomic E-state index is 7.26. The summed E-state index contributed by atoms with van der Waals surface area (Å²) in [6, 6.07) is 47.9. The maximum Gasteiger partial charge on any atom is 0.119 e. The van der Waals surface area contributed by atoms with Crippen molar-refractivity contribution >= 4 is 56.3 Å². The summed E-state index contributed by atoms with van der Waals surface area (Å²) in [5.41, 5.74) is 1.17. The van der Waals surface area contributed by atoms with Crippen LogP contribution in [0.4, 0.5) is 0 Å². The molecule has 0 saturated carbocycles. The fraction of sp³-hybridized carbons (Fsp3) is 0.0588. The average molecular weight is 518 g/mol. The second-order valence-corrected chi connectivity index (χ2v) is 13.1. The molecule has 0 aliphatic rings. The van der Waals surface area contributed by atoms with E-state index < -0.39 is 7.26 Å². The Morgan fingerprint density at radius 2 is 1.08 bits per heavy atom. The highest BCUT2D eigenvalue weighted by Gasteiger charge is 2.45. The predicted molar refractivity (Wildman–Crippen MR) is 162 cm³/mol. The van der Waals surface area contributed by atoms with E-state index in [0.717, 1.165) is 33.1 Å². The van der Waals surface area contributed by atoms with Crippen molar-refractivity contribution < 1.29 is 4.74 Å². The molecule has 0 aromatic heterocycles. The Morgan fingerprint density at radius 1 is 0.568 bits per heavy atom. The topological polar surface area (TPSA) is 9.23 Å². The normalized spacial score (nSPS) is 11.6. The van der Waals surface area contributed by atoms with Crippen molar-refractivity contribution in [1.29, 1.82) is 0 Å². The molecule has 0 saturated heterocycles. The van der Waals surface area contributed by atoms with Crippen LogP contribution in [0.5, 0.6) is 5.75 Å². The van der Waals surface area contributed by atoms with Gasteiger partial charge in [-0.25, -0.2) is 0 Å². The molecule has 0 aliphatic carbocycles. The second-order valence-electron chi connectivity index (χ2n) is 9.26. The summed E-state index contributed by atoms with van der Waals surface area (Å²) in [6.45, 7) is 0. The highest BCUT2D eigenvalue weighted by Crippen LogP contribution is 2.59. The van der Waals surface area contributed by atoms with E-state index in [4.69, 9.17) is 16.3 Å². The van der Waals surface area contributed by atoms with Crippen molar-refractivity contribution in [3.63, 3.8) is 0 Å². The van der Waals surface area contributed by atoms with Crippen LogP contribution in [0.2, 0.25) is 5.02 Å². The average Bonchev–Trinajstić information content (AvgIpc) is 2.98. The van der Waals surface area contributed by atoms with Crippen LogP contribution in [-0.2, 0) is 6.16 Å². The summed E-state index contributed by atoms with van der Waals surface area (Å²) in [5, 5.41) is 9.48. The molecule has 0 radical (unpaired) electrons. The molecule has 180 valence electrons. The van der Waals surface area contributed by atoms with E-state index in [9.17, 15) is 0 Å². The van der Waals surface area contributed by atoms with Gasteiger partial charge < -0.3 is 4.74 Å². The number of methoxy groups -OCH3 is 1. The van der Waals surface area contributed by atoms with E-state index in [1.165, 1.54) is 26.9 Å². The number of ether oxygens (including phenoxy) is 1. The number of hydrogen-bond acceptors (Lipinski definition) is 1. The standard InChI is InChI=1S/C34H27ClOP/c1-36-27-19-22-31-25(23-27)17-21-33-32(31)20-18-26(34(33)35)24-37(28-11-5-2-6-12-28,29-13-7-3-8-14-29)30-15-9-4-10-16-30/h2-23H,24H2,1H3/q+1. The molecule has 1 nitrogen and oxygen atoms in total. The van der Waals surface area contributed by atoms with E-state index in [0.29, 0.717) is 0 Å². The van der Waals surface area contributed by atoms with Crippen molar-refractivity contribution in [3.05, 3.63) is 144 Å². The van der Waals surface area contributed by atoms with Crippen LogP contribution in [0.15, 0.2) is 133 Å². The van der Waals surface area contributed by atoms with Crippen molar-refractivity contribution in [3.8, 4) is 5.75 Å². The maximum absolute atomic E-state index is 7.26. The lowest BCUT2D eigenvalue weighted by Crippen LogP contribution is -2.32. The van der Waals surface area contributed by atoms with Crippen molar-refractivity contribution in [2.75, 3.05) is 7.11 Å². The van der Waals surface area contributed by atoms with Crippen LogP contribution in [-0.4, -0.2) is 7.11 Å². The van der Waals surface area contributed by atoms with Crippen LogP contribution in [0.25, 0.3) is 21.5 Å². The number of fused-ring (bicyclic) bond motifs is 3. The number of halogens is 1. The molecule has 0 heterocycles. The van der Waals surface area contributed by atoms with E-state index >= 15 is 0 Å². The van der Waals surface area contributed by atoms with Gasteiger partial charge in [-0.05, 0) is 64.7 Å². The predicted octanol–water partition coefficient (Wildman–Crippen LogP) is 8.15. The Labute approximate surface area is 223 Å². The largest absolute Gasteiger partial charge is 0.497 e. The Bertz CT molecular complexity index is 1590. The smallest absolute Gasteiger partial charge is 0.119 e. The fourth-order valence-electron chi connectivity index (χ4n) is 5.41.